The maximum Gasteiger partial charge on any atom is 0.236 e. The highest BCUT2D eigenvalue weighted by atomic mass is 16.3. The molecule has 4 heteroatoms. The second-order valence-corrected chi connectivity index (χ2v) is 6.74. The predicted octanol–water partition coefficient (Wildman–Crippen LogP) is 3.16. The summed E-state index contributed by atoms with van der Waals surface area (Å²) in [4.78, 5) is 16.4. The lowest BCUT2D eigenvalue weighted by Gasteiger charge is -2.27. The quantitative estimate of drug-likeness (QED) is 0.739. The van der Waals surface area contributed by atoms with Crippen LogP contribution in [0.1, 0.15) is 39.2 Å². The van der Waals surface area contributed by atoms with Crippen LogP contribution in [0.3, 0.4) is 0 Å². The highest BCUT2D eigenvalue weighted by Crippen LogP contribution is 2.10. The van der Waals surface area contributed by atoms with Crippen molar-refractivity contribution >= 4 is 5.91 Å². The van der Waals surface area contributed by atoms with Gasteiger partial charge in [0.25, 0.3) is 0 Å². The van der Waals surface area contributed by atoms with E-state index >= 15 is 0 Å². The molecule has 0 atom stereocenters. The largest absolute Gasteiger partial charge is 0.464 e. The van der Waals surface area contributed by atoms with Crippen molar-refractivity contribution in [3.8, 4) is 0 Å². The first kappa shape index (κ1) is 17.8. The van der Waals surface area contributed by atoms with Gasteiger partial charge in [0, 0.05) is 20.1 Å². The molecule has 1 amide bonds. The van der Waals surface area contributed by atoms with Crippen LogP contribution < -0.4 is 0 Å². The van der Waals surface area contributed by atoms with Crippen molar-refractivity contribution in [2.24, 2.45) is 11.8 Å². The van der Waals surface area contributed by atoms with E-state index < -0.39 is 0 Å². The average Bonchev–Trinajstić information content (AvgIpc) is 2.72. The molecule has 0 N–H and O–H groups in total. The fraction of sp³-hybridized carbons (Fsp3) is 0.706. The second-order valence-electron chi connectivity index (χ2n) is 6.74. The Labute approximate surface area is 129 Å². The van der Waals surface area contributed by atoms with Gasteiger partial charge in [0.05, 0.1) is 13.1 Å². The number of aryl methyl sites for hydroxylation is 1. The fourth-order valence-electron chi connectivity index (χ4n) is 2.44. The minimum absolute atomic E-state index is 0.144. The Bertz CT molecular complexity index is 428. The van der Waals surface area contributed by atoms with Crippen molar-refractivity contribution in [1.29, 1.82) is 0 Å². The van der Waals surface area contributed by atoms with Crippen LogP contribution in [-0.2, 0) is 11.3 Å². The summed E-state index contributed by atoms with van der Waals surface area (Å²) >= 11 is 0. The number of carbonyl (C=O) groups is 1. The standard InChI is InChI=1S/C17H30N2O2/c1-13(2)9-19(10-14(3)4)12-17(20)18(6)11-16-8-7-15(5)21-16/h7-8,13-14H,9-12H2,1-6H3. The molecule has 0 saturated carbocycles. The minimum Gasteiger partial charge on any atom is -0.464 e. The summed E-state index contributed by atoms with van der Waals surface area (Å²) < 4.78 is 5.53. The van der Waals surface area contributed by atoms with Crippen LogP contribution >= 0.6 is 0 Å². The van der Waals surface area contributed by atoms with Gasteiger partial charge in [0.2, 0.25) is 5.91 Å². The Morgan fingerprint density at radius 3 is 2.14 bits per heavy atom. The van der Waals surface area contributed by atoms with Crippen LogP contribution in [0.15, 0.2) is 16.5 Å². The lowest BCUT2D eigenvalue weighted by atomic mass is 10.1. The normalized spacial score (nSPS) is 11.7. The second kappa shape index (κ2) is 8.23. The molecule has 0 aliphatic rings. The Morgan fingerprint density at radius 1 is 1.14 bits per heavy atom. The molecule has 120 valence electrons. The summed E-state index contributed by atoms with van der Waals surface area (Å²) in [6.07, 6.45) is 0. The number of hydrogen-bond acceptors (Lipinski definition) is 3. The van der Waals surface area contributed by atoms with Gasteiger partial charge in [-0.15, -0.1) is 0 Å². The molecular formula is C17H30N2O2. The molecule has 0 aromatic carbocycles. The molecule has 1 aromatic heterocycles. The summed E-state index contributed by atoms with van der Waals surface area (Å²) in [5, 5.41) is 0. The first-order chi connectivity index (χ1) is 9.77. The summed E-state index contributed by atoms with van der Waals surface area (Å²) in [6.45, 7) is 13.6. The summed E-state index contributed by atoms with van der Waals surface area (Å²) in [7, 11) is 1.84. The number of likely N-dealkylation sites (N-methyl/N-ethyl adjacent to an activating group) is 1. The highest BCUT2D eigenvalue weighted by molar-refractivity contribution is 5.77. The van der Waals surface area contributed by atoms with Crippen molar-refractivity contribution in [1.82, 2.24) is 9.80 Å². The van der Waals surface area contributed by atoms with Gasteiger partial charge in [-0.3, -0.25) is 9.69 Å². The topological polar surface area (TPSA) is 36.7 Å². The monoisotopic (exact) mass is 294 g/mol. The molecule has 0 aliphatic heterocycles. The van der Waals surface area contributed by atoms with Gasteiger partial charge in [0.15, 0.2) is 0 Å². The zero-order chi connectivity index (χ0) is 16.0. The Morgan fingerprint density at radius 2 is 1.71 bits per heavy atom. The molecule has 0 unspecified atom stereocenters. The van der Waals surface area contributed by atoms with E-state index in [0.29, 0.717) is 24.9 Å². The van der Waals surface area contributed by atoms with Crippen LogP contribution in [0.2, 0.25) is 0 Å². The molecule has 21 heavy (non-hydrogen) atoms. The zero-order valence-corrected chi connectivity index (χ0v) is 14.3. The summed E-state index contributed by atoms with van der Waals surface area (Å²) in [5.41, 5.74) is 0. The Balaban J connectivity index is 2.54. The molecule has 0 saturated heterocycles. The number of amides is 1. The van der Waals surface area contributed by atoms with Gasteiger partial charge >= 0.3 is 0 Å². The van der Waals surface area contributed by atoms with E-state index in [4.69, 9.17) is 4.42 Å². The molecule has 0 spiro atoms. The zero-order valence-electron chi connectivity index (χ0n) is 14.3. The predicted molar refractivity (Wildman–Crippen MR) is 86.0 cm³/mol. The molecule has 0 radical (unpaired) electrons. The number of furan rings is 1. The lowest BCUT2D eigenvalue weighted by molar-refractivity contribution is -0.132. The van der Waals surface area contributed by atoms with Crippen molar-refractivity contribution in [2.45, 2.75) is 41.2 Å². The van der Waals surface area contributed by atoms with E-state index in [1.807, 2.05) is 26.1 Å². The lowest BCUT2D eigenvalue weighted by Crippen LogP contribution is -2.41. The SMILES string of the molecule is Cc1ccc(CN(C)C(=O)CN(CC(C)C)CC(C)C)o1. The summed E-state index contributed by atoms with van der Waals surface area (Å²) in [5.74, 6) is 2.99. The molecular weight excluding hydrogens is 264 g/mol. The molecule has 0 aliphatic carbocycles. The van der Waals surface area contributed by atoms with E-state index in [2.05, 4.69) is 32.6 Å². The first-order valence-corrected chi connectivity index (χ1v) is 7.79. The summed E-state index contributed by atoms with van der Waals surface area (Å²) in [6, 6.07) is 3.86. The van der Waals surface area contributed by atoms with Crippen LogP contribution in [0.5, 0.6) is 0 Å². The third-order valence-electron chi connectivity index (χ3n) is 3.22. The Kier molecular flexibility index (Phi) is 6.96. The maximum absolute atomic E-state index is 12.4. The smallest absolute Gasteiger partial charge is 0.236 e. The van der Waals surface area contributed by atoms with Crippen molar-refractivity contribution in [3.05, 3.63) is 23.7 Å². The maximum atomic E-state index is 12.4. The Hall–Kier alpha value is -1.29. The van der Waals surface area contributed by atoms with E-state index in [1.54, 1.807) is 4.90 Å². The third-order valence-corrected chi connectivity index (χ3v) is 3.22. The number of hydrogen-bond donors (Lipinski definition) is 0. The number of carbonyl (C=O) groups excluding carboxylic acids is 1. The van der Waals surface area contributed by atoms with Gasteiger partial charge in [-0.25, -0.2) is 0 Å². The molecule has 0 fully saturated rings. The van der Waals surface area contributed by atoms with Crippen LogP contribution in [0.4, 0.5) is 0 Å². The van der Waals surface area contributed by atoms with E-state index in [-0.39, 0.29) is 5.91 Å². The van der Waals surface area contributed by atoms with Crippen molar-refractivity contribution in [3.63, 3.8) is 0 Å². The number of nitrogens with zero attached hydrogens (tertiary/aromatic N) is 2. The fourth-order valence-corrected chi connectivity index (χ4v) is 2.44. The van der Waals surface area contributed by atoms with Crippen molar-refractivity contribution in [2.75, 3.05) is 26.7 Å². The van der Waals surface area contributed by atoms with Crippen molar-refractivity contribution < 1.29 is 9.21 Å². The first-order valence-electron chi connectivity index (χ1n) is 7.79. The molecule has 0 bridgehead atoms. The van der Waals surface area contributed by atoms with E-state index in [9.17, 15) is 4.79 Å². The molecule has 1 aromatic rings. The van der Waals surface area contributed by atoms with Gasteiger partial charge in [-0.1, -0.05) is 27.7 Å². The van der Waals surface area contributed by atoms with E-state index in [1.165, 1.54) is 0 Å². The van der Waals surface area contributed by atoms with Gasteiger partial charge < -0.3 is 9.32 Å². The molecule has 1 heterocycles. The third kappa shape index (κ3) is 6.80. The van der Waals surface area contributed by atoms with Crippen LogP contribution in [-0.4, -0.2) is 42.4 Å². The minimum atomic E-state index is 0.144. The molecule has 1 rings (SSSR count). The number of rotatable bonds is 8. The van der Waals surface area contributed by atoms with E-state index in [0.717, 1.165) is 24.6 Å². The van der Waals surface area contributed by atoms with Crippen LogP contribution in [0.25, 0.3) is 0 Å². The van der Waals surface area contributed by atoms with Gasteiger partial charge in [-0.05, 0) is 30.9 Å². The van der Waals surface area contributed by atoms with Crippen LogP contribution in [0, 0.1) is 18.8 Å². The van der Waals surface area contributed by atoms with Gasteiger partial charge in [-0.2, -0.15) is 0 Å². The van der Waals surface area contributed by atoms with Gasteiger partial charge in [0.1, 0.15) is 11.5 Å². The highest BCUT2D eigenvalue weighted by Gasteiger charge is 2.17. The molecule has 4 nitrogen and oxygen atoms in total. The average molecular weight is 294 g/mol.